The summed E-state index contributed by atoms with van der Waals surface area (Å²) in [6.07, 6.45) is 0. The maximum Gasteiger partial charge on any atom is 0.180 e. The van der Waals surface area contributed by atoms with Gasteiger partial charge in [0, 0.05) is 138 Å². The highest BCUT2D eigenvalue weighted by molar-refractivity contribution is 7.27. The number of para-hydroxylation sites is 1. The lowest BCUT2D eigenvalue weighted by atomic mass is 9.96. The van der Waals surface area contributed by atoms with Crippen LogP contribution in [0.4, 0.5) is 0 Å². The highest BCUT2D eigenvalue weighted by Gasteiger charge is 2.25. The van der Waals surface area contributed by atoms with E-state index in [1.165, 1.54) is 76.7 Å². The predicted octanol–water partition coefficient (Wildman–Crippen LogP) is 31.4. The SMILES string of the molecule is c1ccc(-c2nc(-c3nc4c(ccc5c6ccccc6sc54)c4ccccc34)cc3sc4ccccc4c23)cc1.c1ccc(-c2nc(-c3nc4c(ccc5c6ccccc6sc54)c4ccccc34)nc3c2ccc2ccccc23)cc1.c1ccc(-c2nc3ccc(-c4nc5c(ccc6c7ccccc7oc65)c5ccccc45)cc3c3ccccc23)cc1. The van der Waals surface area contributed by atoms with Crippen molar-refractivity contribution in [2.24, 2.45) is 0 Å². The number of rotatable bonds is 6. The molecule has 0 saturated carbocycles. The molecule has 17 aromatic carbocycles. The van der Waals surface area contributed by atoms with E-state index in [0.717, 1.165) is 176 Å². The van der Waals surface area contributed by atoms with Crippen molar-refractivity contribution in [1.82, 2.24) is 34.9 Å². The first-order valence-electron chi connectivity index (χ1n) is 40.9. The van der Waals surface area contributed by atoms with Gasteiger partial charge in [-0.3, -0.25) is 0 Å². The molecule has 0 N–H and O–H groups in total. The zero-order chi connectivity index (χ0) is 80.0. The van der Waals surface area contributed by atoms with Gasteiger partial charge in [0.1, 0.15) is 16.8 Å². The van der Waals surface area contributed by atoms with Gasteiger partial charge in [-0.25, -0.2) is 34.9 Å². The molecule has 122 heavy (non-hydrogen) atoms. The Balaban J connectivity index is 0.000000101. The first-order chi connectivity index (χ1) is 60.5. The van der Waals surface area contributed by atoms with Crippen LogP contribution in [0.2, 0.25) is 0 Å². The lowest BCUT2D eigenvalue weighted by Gasteiger charge is -2.13. The molecule has 0 aliphatic heterocycles. The number of fused-ring (bicyclic) bond motifs is 30. The number of pyridine rings is 5. The monoisotopic (exact) mass is 1610 g/mol. The lowest BCUT2D eigenvalue weighted by Crippen LogP contribution is -1.99. The summed E-state index contributed by atoms with van der Waals surface area (Å²) in [4.78, 5) is 37.3. The number of hydrogen-bond donors (Lipinski definition) is 0. The third kappa shape index (κ3) is 11.2. The molecule has 27 aromatic rings. The second-order valence-electron chi connectivity index (χ2n) is 31.1. The molecule has 0 fully saturated rings. The molecule has 0 bridgehead atoms. The highest BCUT2D eigenvalue weighted by Crippen LogP contribution is 2.48. The van der Waals surface area contributed by atoms with E-state index in [1.54, 1.807) is 11.3 Å². The second kappa shape index (κ2) is 28.2. The summed E-state index contributed by atoms with van der Waals surface area (Å²) < 4.78 is 13.9. The van der Waals surface area contributed by atoms with Crippen LogP contribution < -0.4 is 0 Å². The van der Waals surface area contributed by atoms with E-state index in [-0.39, 0.29) is 0 Å². The summed E-state index contributed by atoms with van der Waals surface area (Å²) in [6.45, 7) is 0. The van der Waals surface area contributed by atoms with Crippen molar-refractivity contribution in [3.05, 3.63) is 382 Å². The number of thiophene rings is 3. The fourth-order valence-electron chi connectivity index (χ4n) is 18.6. The van der Waals surface area contributed by atoms with Crippen LogP contribution in [-0.2, 0) is 0 Å². The van der Waals surface area contributed by atoms with Gasteiger partial charge in [0.05, 0.1) is 65.6 Å². The number of furan rings is 1. The van der Waals surface area contributed by atoms with Crippen molar-refractivity contribution in [3.8, 4) is 67.9 Å². The van der Waals surface area contributed by atoms with Gasteiger partial charge in [0.15, 0.2) is 11.4 Å². The zero-order valence-electron chi connectivity index (χ0n) is 65.1. The summed E-state index contributed by atoms with van der Waals surface area (Å²) in [5.41, 5.74) is 17.4. The molecule has 0 amide bonds. The van der Waals surface area contributed by atoms with Gasteiger partial charge in [-0.05, 0) is 81.5 Å². The van der Waals surface area contributed by atoms with E-state index in [9.17, 15) is 0 Å². The summed E-state index contributed by atoms with van der Waals surface area (Å²) >= 11 is 5.46. The van der Waals surface area contributed by atoms with Crippen LogP contribution in [0.25, 0.3) is 259 Å². The Hall–Kier alpha value is -15.4. The third-order valence-electron chi connectivity index (χ3n) is 24.2. The first kappa shape index (κ1) is 69.7. The normalized spacial score (nSPS) is 11.9. The van der Waals surface area contributed by atoms with Gasteiger partial charge in [0.2, 0.25) is 0 Å². The van der Waals surface area contributed by atoms with Gasteiger partial charge in [0.25, 0.3) is 0 Å². The number of benzene rings is 17. The molecule has 27 rings (SSSR count). The fourth-order valence-corrected chi connectivity index (χ4v) is 22.1. The summed E-state index contributed by atoms with van der Waals surface area (Å²) in [5, 5.41) is 26.7. The molecule has 0 radical (unpaired) electrons. The highest BCUT2D eigenvalue weighted by atomic mass is 32.1. The van der Waals surface area contributed by atoms with Crippen molar-refractivity contribution >= 4 is 225 Å². The standard InChI is InChI=1S/C38H22N2O.C37H21N3S.C36H20N2S2/c1-2-10-23(11-3-1)35-29-16-7-5-13-26(29)32-22-24(18-21-33(32)39-35)36-28-15-6-4-12-25(28)30-19-20-31-27-14-8-9-17-34(27)41-38(31)37(30)40-36;1-2-11-23(12-3-1)32-30-19-18-22-10-4-5-13-24(22)33(30)40-37(39-32)35-27-16-7-6-14-25(27)28-20-21-29-26-15-8-9-17-31(26)41-36(29)34(28)38-35;1-2-10-21(11-3-1)33-32-27-15-7-9-17-30(27)39-31(32)20-28(37-33)34-24-14-5-4-12-22(24)25-18-19-26-23-13-6-8-16-29(23)40-36(26)35(25)38-34/h1-22H;1-21H;1-20H. The van der Waals surface area contributed by atoms with Crippen LogP contribution in [0.3, 0.4) is 0 Å². The number of nitrogens with zero attached hydrogens (tertiary/aromatic N) is 7. The first-order valence-corrected chi connectivity index (χ1v) is 43.3. The lowest BCUT2D eigenvalue weighted by molar-refractivity contribution is 0.672. The van der Waals surface area contributed by atoms with Gasteiger partial charge in [-0.15, -0.1) is 34.0 Å². The Bertz CT molecular complexity index is 9050. The third-order valence-corrected chi connectivity index (χ3v) is 27.7. The van der Waals surface area contributed by atoms with E-state index < -0.39 is 0 Å². The molecule has 0 atom stereocenters. The van der Waals surface area contributed by atoms with Crippen molar-refractivity contribution in [3.63, 3.8) is 0 Å². The van der Waals surface area contributed by atoms with Crippen LogP contribution in [0.15, 0.2) is 387 Å². The molecule has 0 saturated heterocycles. The molecule has 11 heteroatoms. The quantitative estimate of drug-likeness (QED) is 0.152. The Morgan fingerprint density at radius 2 is 0.615 bits per heavy atom. The van der Waals surface area contributed by atoms with Crippen molar-refractivity contribution in [2.45, 2.75) is 0 Å². The summed E-state index contributed by atoms with van der Waals surface area (Å²) in [5.74, 6) is 0.643. The minimum atomic E-state index is 0.643. The molecular weight excluding hydrogens is 1540 g/mol. The van der Waals surface area contributed by atoms with Gasteiger partial charge in [-0.2, -0.15) is 0 Å². The van der Waals surface area contributed by atoms with Crippen LogP contribution in [-0.4, -0.2) is 34.9 Å². The zero-order valence-corrected chi connectivity index (χ0v) is 67.6. The van der Waals surface area contributed by atoms with Crippen molar-refractivity contribution in [2.75, 3.05) is 0 Å². The van der Waals surface area contributed by atoms with Gasteiger partial charge < -0.3 is 4.42 Å². The average molecular weight is 1610 g/mol. The topological polar surface area (TPSA) is 103 Å². The van der Waals surface area contributed by atoms with Gasteiger partial charge in [-0.1, -0.05) is 328 Å². The maximum absolute atomic E-state index is 6.42. The van der Waals surface area contributed by atoms with Crippen LogP contribution >= 0.6 is 34.0 Å². The Morgan fingerprint density at radius 1 is 0.197 bits per heavy atom. The van der Waals surface area contributed by atoms with E-state index in [4.69, 9.17) is 39.3 Å². The average Bonchev–Trinajstić information content (AvgIpc) is 1.43. The van der Waals surface area contributed by atoms with E-state index >= 15 is 0 Å². The number of aromatic nitrogens is 7. The fraction of sp³-hybridized carbons (Fsp3) is 0. The molecule has 10 heterocycles. The van der Waals surface area contributed by atoms with Crippen molar-refractivity contribution < 1.29 is 4.42 Å². The van der Waals surface area contributed by atoms with E-state index in [0.29, 0.717) is 5.82 Å². The van der Waals surface area contributed by atoms with Crippen LogP contribution in [0.1, 0.15) is 0 Å². The molecule has 0 spiro atoms. The molecule has 10 aromatic heterocycles. The largest absolute Gasteiger partial charge is 0.454 e. The Labute approximate surface area is 708 Å². The maximum atomic E-state index is 6.42. The molecule has 8 nitrogen and oxygen atoms in total. The molecule has 0 aliphatic carbocycles. The molecule has 0 unspecified atom stereocenters. The minimum absolute atomic E-state index is 0.643. The van der Waals surface area contributed by atoms with Gasteiger partial charge >= 0.3 is 0 Å². The van der Waals surface area contributed by atoms with E-state index in [2.05, 4.69) is 358 Å². The van der Waals surface area contributed by atoms with Crippen LogP contribution in [0.5, 0.6) is 0 Å². The Kier molecular flexibility index (Phi) is 16.1. The molecular formula is C111H63N7OS3. The predicted molar refractivity (Wildman–Crippen MR) is 518 cm³/mol. The summed E-state index contributed by atoms with van der Waals surface area (Å²) in [7, 11) is 0. The molecule has 566 valence electrons. The van der Waals surface area contributed by atoms with E-state index in [1.807, 2.05) is 46.9 Å². The smallest absolute Gasteiger partial charge is 0.180 e. The molecule has 0 aliphatic rings. The number of hydrogen-bond acceptors (Lipinski definition) is 11. The van der Waals surface area contributed by atoms with Crippen LogP contribution in [0, 0.1) is 0 Å². The minimum Gasteiger partial charge on any atom is -0.454 e. The summed E-state index contributed by atoms with van der Waals surface area (Å²) in [6, 6.07) is 135. The Morgan fingerprint density at radius 3 is 1.21 bits per heavy atom. The van der Waals surface area contributed by atoms with Crippen molar-refractivity contribution in [1.29, 1.82) is 0 Å². The second-order valence-corrected chi connectivity index (χ2v) is 34.3.